The fourth-order valence-electron chi connectivity index (χ4n) is 1.62. The van der Waals surface area contributed by atoms with Crippen molar-refractivity contribution >= 4 is 15.7 Å². The molecule has 2 N–H and O–H groups in total. The van der Waals surface area contributed by atoms with E-state index in [2.05, 4.69) is 9.71 Å². The summed E-state index contributed by atoms with van der Waals surface area (Å²) in [6, 6.07) is 6.29. The van der Waals surface area contributed by atoms with E-state index in [4.69, 9.17) is 9.84 Å². The zero-order chi connectivity index (χ0) is 15.5. The number of hydrogen-bond donors (Lipinski definition) is 2. The number of methoxy groups -OCH3 is 1. The van der Waals surface area contributed by atoms with E-state index in [0.717, 1.165) is 12.1 Å². The summed E-state index contributed by atoms with van der Waals surface area (Å²) in [7, 11) is -2.68. The molecule has 2 rings (SSSR count). The minimum Gasteiger partial charge on any atom is -0.481 e. The molecular weight excluding hydrogens is 299 g/mol. The molecule has 0 saturated carbocycles. The number of ether oxygens (including phenoxy) is 1. The Morgan fingerprint density at radius 2 is 2.10 bits per heavy atom. The molecule has 1 heterocycles. The largest absolute Gasteiger partial charge is 0.481 e. The third-order valence-electron chi connectivity index (χ3n) is 2.67. The fraction of sp³-hybridized carbons (Fsp3) is 0.154. The molecule has 8 heteroatoms. The van der Waals surface area contributed by atoms with Crippen LogP contribution in [0.5, 0.6) is 5.88 Å². The highest BCUT2D eigenvalue weighted by Crippen LogP contribution is 2.20. The first-order valence-electron chi connectivity index (χ1n) is 5.88. The molecular formula is C13H13FN2O4S. The summed E-state index contributed by atoms with van der Waals surface area (Å²) in [6.07, 6.45) is 1.25. The lowest BCUT2D eigenvalue weighted by Crippen LogP contribution is -2.15. The first-order valence-corrected chi connectivity index (χ1v) is 7.37. The van der Waals surface area contributed by atoms with Crippen molar-refractivity contribution in [3.8, 4) is 5.88 Å². The smallest absolute Gasteiger partial charge is 0.264 e. The number of aromatic nitrogens is 1. The second-order valence-electron chi connectivity index (χ2n) is 4.12. The predicted molar refractivity (Wildman–Crippen MR) is 73.9 cm³/mol. The summed E-state index contributed by atoms with van der Waals surface area (Å²) < 4.78 is 45.1. The highest BCUT2D eigenvalue weighted by Gasteiger charge is 2.20. The first kappa shape index (κ1) is 15.2. The van der Waals surface area contributed by atoms with E-state index in [1.807, 2.05) is 0 Å². The Balaban J connectivity index is 2.33. The number of sulfonamides is 1. The molecule has 1 aromatic heterocycles. The maximum Gasteiger partial charge on any atom is 0.264 e. The Morgan fingerprint density at radius 1 is 1.33 bits per heavy atom. The normalized spacial score (nSPS) is 11.2. The average Bonchev–Trinajstić information content (AvgIpc) is 2.48. The SMILES string of the molecule is COc1ccc(NS(=O)(=O)c2cc(CO)ccc2F)cn1. The van der Waals surface area contributed by atoms with Gasteiger partial charge in [0.25, 0.3) is 10.0 Å². The minimum atomic E-state index is -4.11. The monoisotopic (exact) mass is 312 g/mol. The third kappa shape index (κ3) is 3.47. The zero-order valence-electron chi connectivity index (χ0n) is 11.1. The summed E-state index contributed by atoms with van der Waals surface area (Å²) in [6.45, 7) is -0.382. The van der Waals surface area contributed by atoms with Gasteiger partial charge >= 0.3 is 0 Å². The van der Waals surface area contributed by atoms with E-state index in [9.17, 15) is 12.8 Å². The van der Waals surface area contributed by atoms with E-state index in [0.29, 0.717) is 11.4 Å². The second kappa shape index (κ2) is 6.06. The van der Waals surface area contributed by atoms with Crippen LogP contribution in [0.1, 0.15) is 5.56 Å². The molecule has 6 nitrogen and oxygen atoms in total. The molecule has 1 aromatic carbocycles. The summed E-state index contributed by atoms with van der Waals surface area (Å²) in [5.74, 6) is -0.576. The maximum atomic E-state index is 13.7. The van der Waals surface area contributed by atoms with Crippen LogP contribution < -0.4 is 9.46 Å². The van der Waals surface area contributed by atoms with Crippen LogP contribution in [0.15, 0.2) is 41.4 Å². The van der Waals surface area contributed by atoms with Crippen molar-refractivity contribution in [2.24, 2.45) is 0 Å². The molecule has 0 aliphatic carbocycles. The molecule has 0 radical (unpaired) electrons. The van der Waals surface area contributed by atoms with E-state index in [1.165, 1.54) is 31.5 Å². The molecule has 0 bridgehead atoms. The van der Waals surface area contributed by atoms with E-state index >= 15 is 0 Å². The molecule has 0 spiro atoms. The van der Waals surface area contributed by atoms with E-state index in [-0.39, 0.29) is 12.3 Å². The number of halogens is 1. The molecule has 0 aliphatic rings. The van der Waals surface area contributed by atoms with Crippen molar-refractivity contribution in [3.63, 3.8) is 0 Å². The number of nitrogens with one attached hydrogen (secondary N) is 1. The van der Waals surface area contributed by atoms with Crippen LogP contribution in [0, 0.1) is 5.82 Å². The number of aliphatic hydroxyl groups is 1. The van der Waals surface area contributed by atoms with Gasteiger partial charge in [0, 0.05) is 6.07 Å². The Kier molecular flexibility index (Phi) is 4.39. The summed E-state index contributed by atoms with van der Waals surface area (Å²) >= 11 is 0. The topological polar surface area (TPSA) is 88.5 Å². The highest BCUT2D eigenvalue weighted by atomic mass is 32.2. The molecule has 21 heavy (non-hydrogen) atoms. The minimum absolute atomic E-state index is 0.171. The number of benzene rings is 1. The molecule has 0 aliphatic heterocycles. The van der Waals surface area contributed by atoms with Crippen molar-refractivity contribution in [2.45, 2.75) is 11.5 Å². The molecule has 0 saturated heterocycles. The predicted octanol–water partition coefficient (Wildman–Crippen LogP) is 1.52. The van der Waals surface area contributed by atoms with E-state index in [1.54, 1.807) is 0 Å². The van der Waals surface area contributed by atoms with Crippen LogP contribution in [-0.4, -0.2) is 25.6 Å². The van der Waals surface area contributed by atoms with Crippen molar-refractivity contribution in [3.05, 3.63) is 47.9 Å². The number of anilines is 1. The zero-order valence-corrected chi connectivity index (χ0v) is 11.9. The Hall–Kier alpha value is -2.19. The van der Waals surface area contributed by atoms with Gasteiger partial charge in [-0.2, -0.15) is 0 Å². The van der Waals surface area contributed by atoms with Crippen LogP contribution in [0.3, 0.4) is 0 Å². The number of pyridine rings is 1. The van der Waals surface area contributed by atoms with Crippen LogP contribution >= 0.6 is 0 Å². The maximum absolute atomic E-state index is 13.7. The summed E-state index contributed by atoms with van der Waals surface area (Å²) in [4.78, 5) is 3.31. The van der Waals surface area contributed by atoms with Gasteiger partial charge in [-0.05, 0) is 23.8 Å². The van der Waals surface area contributed by atoms with Crippen molar-refractivity contribution < 1.29 is 22.7 Å². The number of hydrogen-bond acceptors (Lipinski definition) is 5. The van der Waals surface area contributed by atoms with Gasteiger partial charge in [-0.25, -0.2) is 17.8 Å². The second-order valence-corrected chi connectivity index (χ2v) is 5.77. The van der Waals surface area contributed by atoms with Gasteiger partial charge in [-0.1, -0.05) is 6.07 Å². The van der Waals surface area contributed by atoms with Gasteiger partial charge in [0.2, 0.25) is 5.88 Å². The Bertz CT molecular complexity index is 732. The quantitative estimate of drug-likeness (QED) is 0.874. The summed E-state index contributed by atoms with van der Waals surface area (Å²) in [5, 5.41) is 9.00. The molecule has 0 unspecified atom stereocenters. The fourth-order valence-corrected chi connectivity index (χ4v) is 2.80. The molecule has 0 atom stereocenters. The molecule has 0 amide bonds. The summed E-state index contributed by atoms with van der Waals surface area (Å²) in [5.41, 5.74) is 0.467. The van der Waals surface area contributed by atoms with Crippen LogP contribution in [0.25, 0.3) is 0 Å². The first-order chi connectivity index (χ1) is 9.96. The van der Waals surface area contributed by atoms with Crippen molar-refractivity contribution in [1.82, 2.24) is 4.98 Å². The van der Waals surface area contributed by atoms with Gasteiger partial charge < -0.3 is 9.84 Å². The molecule has 112 valence electrons. The number of nitrogens with zero attached hydrogens (tertiary/aromatic N) is 1. The molecule has 2 aromatic rings. The van der Waals surface area contributed by atoms with Gasteiger partial charge in [0.15, 0.2) is 0 Å². The average molecular weight is 312 g/mol. The lowest BCUT2D eigenvalue weighted by Gasteiger charge is -2.10. The van der Waals surface area contributed by atoms with Crippen LogP contribution in [0.2, 0.25) is 0 Å². The molecule has 0 fully saturated rings. The van der Waals surface area contributed by atoms with Crippen molar-refractivity contribution in [1.29, 1.82) is 0 Å². The van der Waals surface area contributed by atoms with E-state index < -0.39 is 20.7 Å². The van der Waals surface area contributed by atoms with Gasteiger partial charge in [0.05, 0.1) is 25.6 Å². The Morgan fingerprint density at radius 3 is 2.67 bits per heavy atom. The number of rotatable bonds is 5. The lowest BCUT2D eigenvalue weighted by atomic mass is 10.2. The Labute approximate surface area is 121 Å². The standard InChI is InChI=1S/C13H13FN2O4S/c1-20-13-5-3-10(7-15-13)16-21(18,19)12-6-9(8-17)2-4-11(12)14/h2-7,16-17H,8H2,1H3. The van der Waals surface area contributed by atoms with Gasteiger partial charge in [0.1, 0.15) is 10.7 Å². The van der Waals surface area contributed by atoms with Gasteiger partial charge in [-0.3, -0.25) is 4.72 Å². The third-order valence-corrected chi connectivity index (χ3v) is 4.06. The van der Waals surface area contributed by atoms with Crippen molar-refractivity contribution in [2.75, 3.05) is 11.8 Å². The highest BCUT2D eigenvalue weighted by molar-refractivity contribution is 7.92. The number of aliphatic hydroxyl groups excluding tert-OH is 1. The van der Waals surface area contributed by atoms with Gasteiger partial charge in [-0.15, -0.1) is 0 Å². The lowest BCUT2D eigenvalue weighted by molar-refractivity contribution is 0.281. The van der Waals surface area contributed by atoms with Crippen LogP contribution in [-0.2, 0) is 16.6 Å². The van der Waals surface area contributed by atoms with Crippen LogP contribution in [0.4, 0.5) is 10.1 Å².